The summed E-state index contributed by atoms with van der Waals surface area (Å²) in [4.78, 5) is 24.0. The molecule has 26 heavy (non-hydrogen) atoms. The number of quaternary nitrogens is 1. The van der Waals surface area contributed by atoms with Gasteiger partial charge in [0.25, 0.3) is 11.6 Å². The van der Waals surface area contributed by atoms with Gasteiger partial charge < -0.3 is 19.7 Å². The Balaban J connectivity index is 1.65. The van der Waals surface area contributed by atoms with Crippen molar-refractivity contribution in [1.82, 2.24) is 0 Å². The predicted molar refractivity (Wildman–Crippen MR) is 94.3 cm³/mol. The number of carbonyl (C=O) groups is 1. The van der Waals surface area contributed by atoms with Crippen LogP contribution < -0.4 is 19.7 Å². The van der Waals surface area contributed by atoms with Gasteiger partial charge >= 0.3 is 0 Å². The number of ether oxygens (including phenoxy) is 2. The molecule has 136 valence electrons. The second kappa shape index (κ2) is 7.40. The summed E-state index contributed by atoms with van der Waals surface area (Å²) in [6.45, 7) is 2.60. The third-order valence-electron chi connectivity index (χ3n) is 4.41. The van der Waals surface area contributed by atoms with Crippen molar-refractivity contribution in [2.24, 2.45) is 0 Å². The molecule has 1 aliphatic rings. The van der Waals surface area contributed by atoms with Crippen LogP contribution in [0.15, 0.2) is 42.5 Å². The number of nitro benzene ring substituents is 1. The highest BCUT2D eigenvalue weighted by atomic mass is 16.7. The summed E-state index contributed by atoms with van der Waals surface area (Å²) in [5.41, 5.74) is 1.09. The van der Waals surface area contributed by atoms with Gasteiger partial charge in [0.1, 0.15) is 12.2 Å². The van der Waals surface area contributed by atoms with Crippen LogP contribution in [0.1, 0.15) is 12.5 Å². The molecule has 1 heterocycles. The molecule has 8 nitrogen and oxygen atoms in total. The molecule has 0 aliphatic carbocycles. The Morgan fingerprint density at radius 1 is 1.27 bits per heavy atom. The van der Waals surface area contributed by atoms with Gasteiger partial charge in [0.05, 0.1) is 12.0 Å². The van der Waals surface area contributed by atoms with Gasteiger partial charge in [-0.25, -0.2) is 0 Å². The van der Waals surface area contributed by atoms with E-state index in [0.717, 1.165) is 10.5 Å². The summed E-state index contributed by atoms with van der Waals surface area (Å²) < 4.78 is 10.7. The first kappa shape index (κ1) is 17.7. The topological polar surface area (TPSA) is 95.1 Å². The quantitative estimate of drug-likeness (QED) is 0.601. The minimum atomic E-state index is -0.510. The zero-order valence-corrected chi connectivity index (χ0v) is 14.5. The maximum Gasteiger partial charge on any atom is 0.292 e. The van der Waals surface area contributed by atoms with Crippen molar-refractivity contribution >= 4 is 17.3 Å². The van der Waals surface area contributed by atoms with Gasteiger partial charge in [-0.15, -0.1) is 0 Å². The van der Waals surface area contributed by atoms with Crippen LogP contribution in [0.2, 0.25) is 0 Å². The molecular weight excluding hydrogens is 338 g/mol. The van der Waals surface area contributed by atoms with Crippen molar-refractivity contribution in [3.63, 3.8) is 0 Å². The first-order chi connectivity index (χ1) is 12.5. The lowest BCUT2D eigenvalue weighted by Crippen LogP contribution is -3.12. The second-order valence-electron chi connectivity index (χ2n) is 6.20. The molecule has 0 saturated heterocycles. The molecule has 0 radical (unpaired) electrons. The van der Waals surface area contributed by atoms with Gasteiger partial charge in [0.2, 0.25) is 6.79 Å². The van der Waals surface area contributed by atoms with Crippen LogP contribution in [-0.4, -0.2) is 30.7 Å². The third-order valence-corrected chi connectivity index (χ3v) is 4.41. The Labute approximate surface area is 150 Å². The van der Waals surface area contributed by atoms with Gasteiger partial charge in [-0.2, -0.15) is 0 Å². The van der Waals surface area contributed by atoms with E-state index in [1.54, 1.807) is 19.1 Å². The number of hydrogen-bond donors (Lipinski definition) is 2. The van der Waals surface area contributed by atoms with Crippen molar-refractivity contribution in [1.29, 1.82) is 0 Å². The van der Waals surface area contributed by atoms with Crippen LogP contribution in [-0.2, 0) is 11.3 Å². The summed E-state index contributed by atoms with van der Waals surface area (Å²) in [7, 11) is 1.90. The molecule has 2 N–H and O–H groups in total. The number of nitrogens with zero attached hydrogens (tertiary/aromatic N) is 1. The number of nitro groups is 1. The van der Waals surface area contributed by atoms with Crippen LogP contribution >= 0.6 is 0 Å². The summed E-state index contributed by atoms with van der Waals surface area (Å²) in [5, 5.41) is 13.7. The van der Waals surface area contributed by atoms with E-state index in [1.165, 1.54) is 12.1 Å². The summed E-state index contributed by atoms with van der Waals surface area (Å²) in [6, 6.07) is 11.4. The first-order valence-electron chi connectivity index (χ1n) is 8.21. The number of para-hydroxylation sites is 2. The Morgan fingerprint density at radius 3 is 2.77 bits per heavy atom. The van der Waals surface area contributed by atoms with Gasteiger partial charge in [0.15, 0.2) is 17.5 Å². The number of rotatable bonds is 6. The standard InChI is InChI=1S/C18H19N3O5/c1-12(18(22)19-14-5-3-4-6-15(14)21(23)24)20(2)10-13-7-8-16-17(9-13)26-11-25-16/h3-9,12H,10-11H2,1-2H3,(H,19,22)/p+1/t12-/m1/s1. The molecule has 2 aromatic rings. The van der Waals surface area contributed by atoms with E-state index in [4.69, 9.17) is 9.47 Å². The van der Waals surface area contributed by atoms with Crippen LogP contribution in [0, 0.1) is 10.1 Å². The normalized spacial score (nSPS) is 14.5. The number of fused-ring (bicyclic) bond motifs is 1. The van der Waals surface area contributed by atoms with Crippen molar-refractivity contribution in [3.05, 3.63) is 58.1 Å². The van der Waals surface area contributed by atoms with Gasteiger partial charge in [-0.05, 0) is 31.2 Å². The summed E-state index contributed by atoms with van der Waals surface area (Å²) in [5.74, 6) is 1.14. The monoisotopic (exact) mass is 358 g/mol. The lowest BCUT2D eigenvalue weighted by Gasteiger charge is -2.21. The average Bonchev–Trinajstić information content (AvgIpc) is 3.09. The van der Waals surface area contributed by atoms with E-state index in [0.29, 0.717) is 18.0 Å². The number of benzene rings is 2. The number of amides is 1. The highest BCUT2D eigenvalue weighted by Gasteiger charge is 2.25. The van der Waals surface area contributed by atoms with Crippen LogP contribution in [0.25, 0.3) is 0 Å². The molecule has 8 heteroatoms. The second-order valence-corrected chi connectivity index (χ2v) is 6.20. The van der Waals surface area contributed by atoms with Crippen LogP contribution in [0.3, 0.4) is 0 Å². The van der Waals surface area contributed by atoms with E-state index in [2.05, 4.69) is 5.32 Å². The molecule has 0 fully saturated rings. The van der Waals surface area contributed by atoms with Crippen LogP contribution in [0.5, 0.6) is 11.5 Å². The van der Waals surface area contributed by atoms with Crippen molar-refractivity contribution < 1.29 is 24.1 Å². The first-order valence-corrected chi connectivity index (χ1v) is 8.21. The van der Waals surface area contributed by atoms with E-state index in [-0.39, 0.29) is 24.1 Å². The van der Waals surface area contributed by atoms with Crippen molar-refractivity contribution in [3.8, 4) is 11.5 Å². The number of carbonyl (C=O) groups excluding carboxylic acids is 1. The minimum Gasteiger partial charge on any atom is -0.454 e. The lowest BCUT2D eigenvalue weighted by molar-refractivity contribution is -0.907. The molecule has 1 aliphatic heterocycles. The van der Waals surface area contributed by atoms with Gasteiger partial charge in [-0.3, -0.25) is 14.9 Å². The van der Waals surface area contributed by atoms with Gasteiger partial charge in [-0.1, -0.05) is 12.1 Å². The zero-order valence-electron chi connectivity index (χ0n) is 14.5. The molecule has 0 spiro atoms. The number of likely N-dealkylation sites (N-methyl/N-ethyl adjacent to an activating group) is 1. The van der Waals surface area contributed by atoms with Crippen LogP contribution in [0.4, 0.5) is 11.4 Å². The predicted octanol–water partition coefficient (Wildman–Crippen LogP) is 1.37. The van der Waals surface area contributed by atoms with Gasteiger partial charge in [0, 0.05) is 11.6 Å². The number of anilines is 1. The maximum atomic E-state index is 12.5. The molecule has 2 aromatic carbocycles. The number of hydrogen-bond acceptors (Lipinski definition) is 5. The third kappa shape index (κ3) is 3.75. The van der Waals surface area contributed by atoms with E-state index in [9.17, 15) is 14.9 Å². The minimum absolute atomic E-state index is 0.124. The Morgan fingerprint density at radius 2 is 2.00 bits per heavy atom. The SMILES string of the molecule is C[C@H](C(=O)Nc1ccccc1[N+](=O)[O-])[NH+](C)Cc1ccc2c(c1)OCO2. The Hall–Kier alpha value is -3.13. The summed E-state index contributed by atoms with van der Waals surface area (Å²) >= 11 is 0. The molecule has 1 unspecified atom stereocenters. The fourth-order valence-corrected chi connectivity index (χ4v) is 2.73. The molecule has 3 rings (SSSR count). The molecule has 1 amide bonds. The number of nitrogens with one attached hydrogen (secondary N) is 2. The van der Waals surface area contributed by atoms with E-state index in [1.807, 2.05) is 25.2 Å². The van der Waals surface area contributed by atoms with Crippen molar-refractivity contribution in [2.75, 3.05) is 19.2 Å². The molecule has 0 bridgehead atoms. The van der Waals surface area contributed by atoms with Crippen molar-refractivity contribution in [2.45, 2.75) is 19.5 Å². The largest absolute Gasteiger partial charge is 0.454 e. The van der Waals surface area contributed by atoms with E-state index >= 15 is 0 Å². The molecular formula is C18H20N3O5+. The fourth-order valence-electron chi connectivity index (χ4n) is 2.73. The highest BCUT2D eigenvalue weighted by molar-refractivity contribution is 5.95. The lowest BCUT2D eigenvalue weighted by atomic mass is 10.1. The molecule has 0 saturated carbocycles. The molecule has 0 aromatic heterocycles. The summed E-state index contributed by atoms with van der Waals surface area (Å²) in [6.07, 6.45) is 0. The zero-order chi connectivity index (χ0) is 18.7. The smallest absolute Gasteiger partial charge is 0.292 e. The maximum absolute atomic E-state index is 12.5. The van der Waals surface area contributed by atoms with E-state index < -0.39 is 11.0 Å². The highest BCUT2D eigenvalue weighted by Crippen LogP contribution is 2.32. The molecule has 2 atom stereocenters. The Bertz CT molecular complexity index is 839. The Kier molecular flexibility index (Phi) is 5.04. The average molecular weight is 358 g/mol. The fraction of sp³-hybridized carbons (Fsp3) is 0.278.